The van der Waals surface area contributed by atoms with E-state index in [1.165, 1.54) is 13.3 Å². The lowest BCUT2D eigenvalue weighted by Crippen LogP contribution is -2.29. The molecule has 6 nitrogen and oxygen atoms in total. The Morgan fingerprint density at radius 1 is 1.30 bits per heavy atom. The molecule has 2 aromatic heterocycles. The topological polar surface area (TPSA) is 84.9 Å². The first-order valence-electron chi connectivity index (χ1n) is 6.40. The molecule has 6 heteroatoms. The van der Waals surface area contributed by atoms with Crippen LogP contribution in [0.25, 0.3) is 11.0 Å². The van der Waals surface area contributed by atoms with E-state index >= 15 is 0 Å². The van der Waals surface area contributed by atoms with E-state index in [1.807, 2.05) is 13.8 Å². The molecule has 0 unspecified atom stereocenters. The van der Waals surface area contributed by atoms with Gasteiger partial charge in [-0.2, -0.15) is 4.98 Å². The van der Waals surface area contributed by atoms with Gasteiger partial charge in [0.1, 0.15) is 0 Å². The second kappa shape index (κ2) is 4.13. The highest BCUT2D eigenvalue weighted by molar-refractivity contribution is 6.02. The van der Waals surface area contributed by atoms with Crippen molar-refractivity contribution in [1.29, 1.82) is 0 Å². The van der Waals surface area contributed by atoms with Crippen LogP contribution in [-0.2, 0) is 6.42 Å². The van der Waals surface area contributed by atoms with Crippen LogP contribution in [0.5, 0.6) is 6.01 Å². The molecule has 20 heavy (non-hydrogen) atoms. The van der Waals surface area contributed by atoms with Crippen LogP contribution in [0.4, 0.5) is 0 Å². The van der Waals surface area contributed by atoms with Crippen molar-refractivity contribution in [2.45, 2.75) is 26.7 Å². The number of H-pyrrole nitrogens is 1. The standard InChI is InChI=1S/C14H15N3O3/c1-14(2)4-7-8(9(18)5-14)6-15-11-10(7)12(19)17-13(16-11)20-3/h6H,4-5H2,1-3H3,(H,15,16,17,19). The number of hydrogen-bond acceptors (Lipinski definition) is 5. The highest BCUT2D eigenvalue weighted by atomic mass is 16.5. The number of rotatable bonds is 1. The lowest BCUT2D eigenvalue weighted by Gasteiger charge is -2.30. The molecule has 2 aromatic rings. The van der Waals surface area contributed by atoms with E-state index in [0.717, 1.165) is 5.56 Å². The third-order valence-electron chi connectivity index (χ3n) is 3.61. The van der Waals surface area contributed by atoms with E-state index in [0.29, 0.717) is 29.4 Å². The predicted molar refractivity (Wildman–Crippen MR) is 73.1 cm³/mol. The Bertz CT molecular complexity index is 777. The zero-order valence-electron chi connectivity index (χ0n) is 11.6. The number of aromatic nitrogens is 3. The van der Waals surface area contributed by atoms with Crippen LogP contribution in [-0.4, -0.2) is 27.8 Å². The minimum absolute atomic E-state index is 0.0286. The number of ether oxygens (including phenoxy) is 1. The molecule has 0 saturated carbocycles. The average molecular weight is 273 g/mol. The van der Waals surface area contributed by atoms with Gasteiger partial charge < -0.3 is 4.74 Å². The molecule has 0 spiro atoms. The van der Waals surface area contributed by atoms with Crippen LogP contribution in [0.15, 0.2) is 11.0 Å². The number of nitrogens with zero attached hydrogens (tertiary/aromatic N) is 2. The van der Waals surface area contributed by atoms with Crippen LogP contribution in [0.2, 0.25) is 0 Å². The van der Waals surface area contributed by atoms with Crippen molar-refractivity contribution in [2.75, 3.05) is 7.11 Å². The lowest BCUT2D eigenvalue weighted by atomic mass is 9.73. The third-order valence-corrected chi connectivity index (χ3v) is 3.61. The summed E-state index contributed by atoms with van der Waals surface area (Å²) in [6.45, 7) is 4.04. The SMILES string of the molecule is COc1nc2ncc3c(c2c(=O)[nH]1)CC(C)(C)CC3=O. The molecule has 1 aliphatic carbocycles. The number of carbonyl (C=O) groups is 1. The Morgan fingerprint density at radius 2 is 2.05 bits per heavy atom. The molecule has 0 radical (unpaired) electrons. The van der Waals surface area contributed by atoms with Gasteiger partial charge in [-0.3, -0.25) is 14.6 Å². The van der Waals surface area contributed by atoms with Gasteiger partial charge in [-0.15, -0.1) is 0 Å². The Labute approximate surface area is 115 Å². The van der Waals surface area contributed by atoms with E-state index < -0.39 is 0 Å². The van der Waals surface area contributed by atoms with E-state index in [9.17, 15) is 9.59 Å². The largest absolute Gasteiger partial charge is 0.468 e. The van der Waals surface area contributed by atoms with Gasteiger partial charge >= 0.3 is 0 Å². The van der Waals surface area contributed by atoms with Gasteiger partial charge in [0.15, 0.2) is 11.4 Å². The fourth-order valence-electron chi connectivity index (χ4n) is 2.74. The summed E-state index contributed by atoms with van der Waals surface area (Å²) in [5.41, 5.74) is 1.11. The lowest BCUT2D eigenvalue weighted by molar-refractivity contribution is 0.0912. The van der Waals surface area contributed by atoms with Crippen LogP contribution in [0.1, 0.15) is 36.2 Å². The Kier molecular flexibility index (Phi) is 2.64. The summed E-state index contributed by atoms with van der Waals surface area (Å²) in [5, 5.41) is 0.393. The summed E-state index contributed by atoms with van der Waals surface area (Å²) in [5.74, 6) is 0.0286. The second-order valence-corrected chi connectivity index (χ2v) is 5.87. The maximum atomic E-state index is 12.2. The highest BCUT2D eigenvalue weighted by Gasteiger charge is 2.33. The number of aromatic amines is 1. The van der Waals surface area contributed by atoms with Crippen molar-refractivity contribution in [3.05, 3.63) is 27.7 Å². The molecule has 0 bridgehead atoms. The molecule has 0 saturated heterocycles. The Morgan fingerprint density at radius 3 is 2.75 bits per heavy atom. The fourth-order valence-corrected chi connectivity index (χ4v) is 2.74. The summed E-state index contributed by atoms with van der Waals surface area (Å²) in [4.78, 5) is 35.2. The van der Waals surface area contributed by atoms with Gasteiger partial charge in [0, 0.05) is 18.2 Å². The summed E-state index contributed by atoms with van der Waals surface area (Å²) in [6.07, 6.45) is 2.64. The molecule has 1 N–H and O–H groups in total. The fraction of sp³-hybridized carbons (Fsp3) is 0.429. The quantitative estimate of drug-likeness (QED) is 0.850. The van der Waals surface area contributed by atoms with Gasteiger partial charge in [-0.25, -0.2) is 4.98 Å². The molecule has 0 atom stereocenters. The Hall–Kier alpha value is -2.24. The smallest absolute Gasteiger partial charge is 0.298 e. The van der Waals surface area contributed by atoms with Crippen molar-refractivity contribution >= 4 is 16.8 Å². The van der Waals surface area contributed by atoms with Crippen LogP contribution >= 0.6 is 0 Å². The summed E-state index contributed by atoms with van der Waals surface area (Å²) in [6, 6.07) is 0.122. The average Bonchev–Trinajstić information content (AvgIpc) is 2.36. The van der Waals surface area contributed by atoms with E-state index in [1.54, 1.807) is 0 Å². The number of Topliss-reactive ketones (excluding diaryl/α,β-unsaturated/α-hetero) is 1. The maximum Gasteiger partial charge on any atom is 0.298 e. The first-order valence-corrected chi connectivity index (χ1v) is 6.40. The number of carbonyl (C=O) groups excluding carboxylic acids is 1. The highest BCUT2D eigenvalue weighted by Crippen LogP contribution is 2.36. The normalized spacial score (nSPS) is 17.1. The first-order chi connectivity index (χ1) is 9.41. The van der Waals surface area contributed by atoms with Crippen molar-refractivity contribution in [3.8, 4) is 6.01 Å². The number of ketones is 1. The van der Waals surface area contributed by atoms with Crippen molar-refractivity contribution in [3.63, 3.8) is 0 Å². The maximum absolute atomic E-state index is 12.2. The molecule has 0 fully saturated rings. The molecule has 0 amide bonds. The molecule has 0 aliphatic heterocycles. The van der Waals surface area contributed by atoms with Crippen LogP contribution < -0.4 is 10.3 Å². The molecular weight excluding hydrogens is 258 g/mol. The number of methoxy groups -OCH3 is 1. The van der Waals surface area contributed by atoms with Gasteiger partial charge in [0.05, 0.1) is 12.5 Å². The monoisotopic (exact) mass is 273 g/mol. The van der Waals surface area contributed by atoms with E-state index in [4.69, 9.17) is 4.74 Å². The number of fused-ring (bicyclic) bond motifs is 3. The molecule has 2 heterocycles. The van der Waals surface area contributed by atoms with Gasteiger partial charge in [-0.1, -0.05) is 13.8 Å². The Balaban J connectivity index is 2.36. The van der Waals surface area contributed by atoms with Gasteiger partial charge in [0.25, 0.3) is 11.6 Å². The first kappa shape index (κ1) is 12.8. The van der Waals surface area contributed by atoms with E-state index in [2.05, 4.69) is 15.0 Å². The van der Waals surface area contributed by atoms with Crippen LogP contribution in [0.3, 0.4) is 0 Å². The van der Waals surface area contributed by atoms with Gasteiger partial charge in [0.2, 0.25) is 0 Å². The molecular formula is C14H15N3O3. The van der Waals surface area contributed by atoms with Gasteiger partial charge in [-0.05, 0) is 17.4 Å². The summed E-state index contributed by atoms with van der Waals surface area (Å²) in [7, 11) is 1.43. The molecule has 1 aliphatic rings. The van der Waals surface area contributed by atoms with Crippen molar-refractivity contribution < 1.29 is 9.53 Å². The summed E-state index contributed by atoms with van der Waals surface area (Å²) < 4.78 is 4.94. The molecule has 0 aromatic carbocycles. The third kappa shape index (κ3) is 1.88. The zero-order valence-corrected chi connectivity index (χ0v) is 11.6. The number of hydrogen-bond donors (Lipinski definition) is 1. The zero-order chi connectivity index (χ0) is 14.5. The van der Waals surface area contributed by atoms with Crippen molar-refractivity contribution in [2.24, 2.45) is 5.41 Å². The molecule has 3 rings (SSSR count). The van der Waals surface area contributed by atoms with Crippen LogP contribution in [0, 0.1) is 5.41 Å². The van der Waals surface area contributed by atoms with Crippen molar-refractivity contribution in [1.82, 2.24) is 15.0 Å². The minimum Gasteiger partial charge on any atom is -0.468 e. The summed E-state index contributed by atoms with van der Waals surface area (Å²) >= 11 is 0. The van der Waals surface area contributed by atoms with E-state index in [-0.39, 0.29) is 22.8 Å². The minimum atomic E-state index is -0.318. The predicted octanol–water partition coefficient (Wildman–Crippen LogP) is 1.48. The second-order valence-electron chi connectivity index (χ2n) is 5.87. The number of pyridine rings is 1. The molecule has 104 valence electrons. The number of nitrogens with one attached hydrogen (secondary N) is 1.